The fourth-order valence-corrected chi connectivity index (χ4v) is 3.38. The lowest BCUT2D eigenvalue weighted by atomic mass is 10.1. The highest BCUT2D eigenvalue weighted by Crippen LogP contribution is 2.32. The normalized spacial score (nSPS) is 22.4. The first-order valence-corrected chi connectivity index (χ1v) is 7.97. The van der Waals surface area contributed by atoms with E-state index in [1.54, 1.807) is 0 Å². The van der Waals surface area contributed by atoms with Crippen molar-refractivity contribution in [3.8, 4) is 0 Å². The van der Waals surface area contributed by atoms with Crippen LogP contribution in [0.15, 0.2) is 29.2 Å². The van der Waals surface area contributed by atoms with Gasteiger partial charge in [0.15, 0.2) is 0 Å². The van der Waals surface area contributed by atoms with Crippen molar-refractivity contribution < 1.29 is 27.1 Å². The molecule has 21 heavy (non-hydrogen) atoms. The SMILES string of the molecule is O=C(O)[C@@H]1CC[C@H](Nc2ccccc2S(=O)(=O)C(F)F)C1. The van der Waals surface area contributed by atoms with Crippen LogP contribution in [0.5, 0.6) is 0 Å². The Labute approximate surface area is 120 Å². The van der Waals surface area contributed by atoms with E-state index in [9.17, 15) is 22.0 Å². The van der Waals surface area contributed by atoms with Crippen molar-refractivity contribution in [3.05, 3.63) is 24.3 Å². The second-order valence-corrected chi connectivity index (χ2v) is 6.88. The van der Waals surface area contributed by atoms with Crippen molar-refractivity contribution in [2.75, 3.05) is 5.32 Å². The highest BCUT2D eigenvalue weighted by atomic mass is 32.2. The molecule has 1 aromatic carbocycles. The number of hydrogen-bond acceptors (Lipinski definition) is 4. The number of para-hydroxylation sites is 1. The zero-order valence-corrected chi connectivity index (χ0v) is 11.8. The number of hydrogen-bond donors (Lipinski definition) is 2. The molecule has 1 aliphatic carbocycles. The van der Waals surface area contributed by atoms with E-state index in [0.29, 0.717) is 19.3 Å². The van der Waals surface area contributed by atoms with E-state index >= 15 is 0 Å². The van der Waals surface area contributed by atoms with E-state index in [-0.39, 0.29) is 11.7 Å². The summed E-state index contributed by atoms with van der Waals surface area (Å²) in [7, 11) is -4.69. The highest BCUT2D eigenvalue weighted by molar-refractivity contribution is 7.91. The monoisotopic (exact) mass is 319 g/mol. The zero-order chi connectivity index (χ0) is 15.6. The number of anilines is 1. The number of carbonyl (C=O) groups is 1. The molecule has 0 saturated heterocycles. The number of nitrogens with one attached hydrogen (secondary N) is 1. The van der Waals surface area contributed by atoms with Crippen molar-refractivity contribution in [1.29, 1.82) is 0 Å². The standard InChI is InChI=1S/C13H15F2NO4S/c14-13(15)21(19,20)11-4-2-1-3-10(11)16-9-6-5-8(7-9)12(17)18/h1-4,8-9,13,16H,5-7H2,(H,17,18)/t8-,9+/m1/s1. The first-order valence-electron chi connectivity index (χ1n) is 6.43. The molecule has 1 fully saturated rings. The third-order valence-corrected chi connectivity index (χ3v) is 5.01. The summed E-state index contributed by atoms with van der Waals surface area (Å²) in [5.74, 6) is -4.87. The molecule has 1 aliphatic rings. The molecule has 2 rings (SSSR count). The van der Waals surface area contributed by atoms with Crippen molar-refractivity contribution in [3.63, 3.8) is 0 Å². The Morgan fingerprint density at radius 3 is 2.52 bits per heavy atom. The summed E-state index contributed by atoms with van der Waals surface area (Å²) in [4.78, 5) is 10.4. The van der Waals surface area contributed by atoms with Gasteiger partial charge in [0.1, 0.15) is 0 Å². The summed E-state index contributed by atoms with van der Waals surface area (Å²) < 4.78 is 48.6. The van der Waals surface area contributed by atoms with Crippen LogP contribution in [0.3, 0.4) is 0 Å². The maximum Gasteiger partial charge on any atom is 0.341 e. The Bertz CT molecular complexity index is 633. The van der Waals surface area contributed by atoms with Gasteiger partial charge in [-0.05, 0) is 31.4 Å². The lowest BCUT2D eigenvalue weighted by Gasteiger charge is -2.17. The smallest absolute Gasteiger partial charge is 0.341 e. The third-order valence-electron chi connectivity index (χ3n) is 3.57. The summed E-state index contributed by atoms with van der Waals surface area (Å²) in [6, 6.07) is 5.20. The Hall–Kier alpha value is -1.70. The minimum Gasteiger partial charge on any atom is -0.481 e. The number of sulfone groups is 1. The second-order valence-electron chi connectivity index (χ2n) is 4.99. The van der Waals surface area contributed by atoms with Gasteiger partial charge in [-0.3, -0.25) is 4.79 Å². The maximum atomic E-state index is 12.7. The molecule has 0 radical (unpaired) electrons. The fraction of sp³-hybridized carbons (Fsp3) is 0.462. The molecule has 8 heteroatoms. The zero-order valence-electron chi connectivity index (χ0n) is 11.0. The Morgan fingerprint density at radius 1 is 1.29 bits per heavy atom. The predicted molar refractivity (Wildman–Crippen MR) is 72.0 cm³/mol. The van der Waals surface area contributed by atoms with Crippen LogP contribution in [0.25, 0.3) is 0 Å². The largest absolute Gasteiger partial charge is 0.481 e. The summed E-state index contributed by atoms with van der Waals surface area (Å²) in [6.07, 6.45) is 1.38. The van der Waals surface area contributed by atoms with E-state index in [4.69, 9.17) is 5.11 Å². The van der Waals surface area contributed by atoms with E-state index in [0.717, 1.165) is 6.07 Å². The van der Waals surface area contributed by atoms with Gasteiger partial charge in [-0.1, -0.05) is 12.1 Å². The van der Waals surface area contributed by atoms with Gasteiger partial charge in [0.2, 0.25) is 9.84 Å². The van der Waals surface area contributed by atoms with Crippen LogP contribution in [0.1, 0.15) is 19.3 Å². The molecule has 0 bridgehead atoms. The Morgan fingerprint density at radius 2 is 1.95 bits per heavy atom. The number of carboxylic acids is 1. The molecule has 2 atom stereocenters. The number of carboxylic acid groups (broad SMARTS) is 1. The van der Waals surface area contributed by atoms with Crippen LogP contribution < -0.4 is 5.32 Å². The predicted octanol–water partition coefficient (Wildman–Crippen LogP) is 2.35. The summed E-state index contributed by atoms with van der Waals surface area (Å²) in [5, 5.41) is 11.8. The van der Waals surface area contributed by atoms with Crippen LogP contribution >= 0.6 is 0 Å². The highest BCUT2D eigenvalue weighted by Gasteiger charge is 2.32. The van der Waals surface area contributed by atoms with E-state index in [1.807, 2.05) is 0 Å². The van der Waals surface area contributed by atoms with E-state index in [2.05, 4.69) is 5.32 Å². The first kappa shape index (κ1) is 15.7. The van der Waals surface area contributed by atoms with Gasteiger partial charge in [0.25, 0.3) is 0 Å². The molecule has 5 nitrogen and oxygen atoms in total. The minimum absolute atomic E-state index is 0.0915. The number of halogens is 2. The van der Waals surface area contributed by atoms with Crippen molar-refractivity contribution in [2.45, 2.75) is 36.0 Å². The molecule has 2 N–H and O–H groups in total. The molecule has 0 unspecified atom stereocenters. The average Bonchev–Trinajstić information content (AvgIpc) is 2.87. The van der Waals surface area contributed by atoms with Gasteiger partial charge in [0.05, 0.1) is 16.5 Å². The summed E-state index contributed by atoms with van der Waals surface area (Å²) in [6.45, 7) is 0. The van der Waals surface area contributed by atoms with Gasteiger partial charge >= 0.3 is 11.7 Å². The van der Waals surface area contributed by atoms with Crippen LogP contribution in [-0.2, 0) is 14.6 Å². The average molecular weight is 319 g/mol. The Balaban J connectivity index is 2.21. The van der Waals surface area contributed by atoms with Crippen LogP contribution in [0.4, 0.5) is 14.5 Å². The van der Waals surface area contributed by atoms with Crippen molar-refractivity contribution in [2.24, 2.45) is 5.92 Å². The molecule has 0 spiro atoms. The van der Waals surface area contributed by atoms with Crippen LogP contribution in [-0.4, -0.2) is 31.3 Å². The second kappa shape index (κ2) is 5.97. The van der Waals surface area contributed by atoms with Gasteiger partial charge < -0.3 is 10.4 Å². The molecule has 0 heterocycles. The molecular weight excluding hydrogens is 304 g/mol. The first-order chi connectivity index (χ1) is 9.82. The number of rotatable bonds is 5. The van der Waals surface area contributed by atoms with E-state index in [1.165, 1.54) is 18.2 Å². The van der Waals surface area contributed by atoms with Gasteiger partial charge in [-0.2, -0.15) is 8.78 Å². The topological polar surface area (TPSA) is 83.5 Å². The Kier molecular flexibility index (Phi) is 4.46. The number of benzene rings is 1. The number of aliphatic carboxylic acids is 1. The van der Waals surface area contributed by atoms with Gasteiger partial charge in [-0.15, -0.1) is 0 Å². The lowest BCUT2D eigenvalue weighted by Crippen LogP contribution is -2.20. The van der Waals surface area contributed by atoms with Crippen LogP contribution in [0, 0.1) is 5.92 Å². The maximum absolute atomic E-state index is 12.7. The minimum atomic E-state index is -4.69. The van der Waals surface area contributed by atoms with Crippen LogP contribution in [0.2, 0.25) is 0 Å². The summed E-state index contributed by atoms with van der Waals surface area (Å²) >= 11 is 0. The van der Waals surface area contributed by atoms with Gasteiger partial charge in [0, 0.05) is 6.04 Å². The molecular formula is C13H15F2NO4S. The molecule has 0 aromatic heterocycles. The number of alkyl halides is 2. The van der Waals surface area contributed by atoms with Gasteiger partial charge in [-0.25, -0.2) is 8.42 Å². The van der Waals surface area contributed by atoms with Crippen molar-refractivity contribution >= 4 is 21.5 Å². The third kappa shape index (κ3) is 3.31. The lowest BCUT2D eigenvalue weighted by molar-refractivity contribution is -0.141. The molecule has 116 valence electrons. The molecule has 0 aliphatic heterocycles. The van der Waals surface area contributed by atoms with E-state index < -0.39 is 32.4 Å². The molecule has 1 saturated carbocycles. The quantitative estimate of drug-likeness (QED) is 0.870. The van der Waals surface area contributed by atoms with Crippen molar-refractivity contribution in [1.82, 2.24) is 0 Å². The molecule has 0 amide bonds. The molecule has 1 aromatic rings. The summed E-state index contributed by atoms with van der Waals surface area (Å²) in [5.41, 5.74) is 0.0915. The fourth-order valence-electron chi connectivity index (χ4n) is 2.49.